The van der Waals surface area contributed by atoms with Gasteiger partial charge in [-0.15, -0.1) is 12.6 Å². The summed E-state index contributed by atoms with van der Waals surface area (Å²) in [5, 5.41) is 20.8. The Morgan fingerprint density at radius 3 is 2.17 bits per heavy atom. The van der Waals surface area contributed by atoms with Crippen LogP contribution in [0, 0.1) is 5.92 Å². The maximum atomic E-state index is 13.6. The van der Waals surface area contributed by atoms with Crippen LogP contribution in [0.1, 0.15) is 52.4 Å². The minimum Gasteiger partial charge on any atom is -0.480 e. The van der Waals surface area contributed by atoms with Gasteiger partial charge in [0.15, 0.2) is 10.9 Å². The van der Waals surface area contributed by atoms with Crippen molar-refractivity contribution in [1.29, 1.82) is 0 Å². The highest BCUT2D eigenvalue weighted by Crippen LogP contribution is 2.19. The molecule has 18 nitrogen and oxygen atoms in total. The summed E-state index contributed by atoms with van der Waals surface area (Å²) < 4.78 is 0. The Labute approximate surface area is 281 Å². The third kappa shape index (κ3) is 15.3. The average molecular weight is 703 g/mol. The third-order valence-corrected chi connectivity index (χ3v) is 7.13. The number of primary amides is 1. The van der Waals surface area contributed by atoms with E-state index in [2.05, 4.69) is 39.2 Å². The van der Waals surface area contributed by atoms with Gasteiger partial charge in [0, 0.05) is 25.8 Å². The fraction of sp³-hybridized carbons (Fsp3) is 0.630. The highest BCUT2D eigenvalue weighted by Gasteiger charge is 2.42. The Hall–Kier alpha value is -4.17. The van der Waals surface area contributed by atoms with Crippen molar-refractivity contribution in [3.8, 4) is 0 Å². The zero-order valence-corrected chi connectivity index (χ0v) is 27.7. The van der Waals surface area contributed by atoms with E-state index in [0.717, 1.165) is 4.90 Å². The molecule has 1 rings (SSSR count). The van der Waals surface area contributed by atoms with Crippen LogP contribution >= 0.6 is 24.8 Å². The molecule has 47 heavy (non-hydrogen) atoms. The first-order valence-electron chi connectivity index (χ1n) is 14.6. The van der Waals surface area contributed by atoms with Crippen molar-refractivity contribution in [3.63, 3.8) is 0 Å². The molecule has 0 aliphatic carbocycles. The number of thiocarbonyl (C=S) groups is 1. The smallest absolute Gasteiger partial charge is 0.326 e. The van der Waals surface area contributed by atoms with E-state index in [1.54, 1.807) is 13.8 Å². The first kappa shape index (κ1) is 40.9. The minimum atomic E-state index is -1.47. The molecule has 0 aromatic rings. The molecule has 6 amide bonds. The summed E-state index contributed by atoms with van der Waals surface area (Å²) in [5.74, 6) is -7.05. The Morgan fingerprint density at radius 1 is 0.957 bits per heavy atom. The number of carbonyl (C=O) groups excluding carboxylic acids is 8. The van der Waals surface area contributed by atoms with Crippen molar-refractivity contribution in [2.45, 2.75) is 76.5 Å². The fourth-order valence-electron chi connectivity index (χ4n) is 4.42. The molecule has 0 saturated carbocycles. The second kappa shape index (κ2) is 20.1. The number of carboxylic acid groups (broad SMARTS) is 1. The van der Waals surface area contributed by atoms with Gasteiger partial charge in [-0.05, 0) is 18.9 Å². The number of nitrogens with zero attached hydrogens (tertiary/aromatic N) is 1. The highest BCUT2D eigenvalue weighted by atomic mass is 32.1. The maximum Gasteiger partial charge on any atom is 0.326 e. The number of likely N-dealkylation sites (tertiary alicyclic amines) is 1. The number of amides is 6. The lowest BCUT2D eigenvalue weighted by molar-refractivity contribution is -0.143. The van der Waals surface area contributed by atoms with Gasteiger partial charge in [0.25, 0.3) is 0 Å². The molecule has 1 saturated heterocycles. The van der Waals surface area contributed by atoms with Crippen LogP contribution in [-0.4, -0.2) is 118 Å². The molecule has 1 aliphatic rings. The number of hydrogen-bond donors (Lipinski definition) is 9. The number of hydrogen-bond acceptors (Lipinski definition) is 11. The lowest BCUT2D eigenvalue weighted by Gasteiger charge is -2.29. The Balaban J connectivity index is 2.97. The number of aliphatic carboxylic acids is 1. The summed E-state index contributed by atoms with van der Waals surface area (Å²) in [6.45, 7) is 2.48. The number of carbonyl (C=O) groups is 9. The van der Waals surface area contributed by atoms with Crippen LogP contribution in [0.3, 0.4) is 0 Å². The van der Waals surface area contributed by atoms with Crippen LogP contribution < -0.4 is 38.1 Å². The lowest BCUT2D eigenvalue weighted by Crippen LogP contribution is -2.57. The van der Waals surface area contributed by atoms with Crippen molar-refractivity contribution < 1.29 is 48.3 Å². The van der Waals surface area contributed by atoms with Gasteiger partial charge in [-0.3, -0.25) is 38.4 Å². The number of carboxylic acids is 1. The van der Waals surface area contributed by atoms with Crippen molar-refractivity contribution in [3.05, 3.63) is 0 Å². The van der Waals surface area contributed by atoms with Gasteiger partial charge in [0.1, 0.15) is 24.2 Å². The Kier molecular flexibility index (Phi) is 17.5. The summed E-state index contributed by atoms with van der Waals surface area (Å²) >= 11 is 8.58. The zero-order valence-electron chi connectivity index (χ0n) is 26.0. The number of nitrogens with one attached hydrogen (secondary N) is 5. The molecule has 1 aliphatic heterocycles. The number of rotatable bonds is 20. The fourth-order valence-corrected chi connectivity index (χ4v) is 4.79. The topological polar surface area (TPSA) is 289 Å². The van der Waals surface area contributed by atoms with Crippen molar-refractivity contribution in [1.82, 2.24) is 31.5 Å². The third-order valence-electron chi connectivity index (χ3n) is 6.59. The predicted molar refractivity (Wildman–Crippen MR) is 172 cm³/mol. The van der Waals surface area contributed by atoms with Gasteiger partial charge >= 0.3 is 5.97 Å². The number of thiol groups is 1. The molecule has 1 fully saturated rings. The van der Waals surface area contributed by atoms with E-state index in [9.17, 15) is 48.3 Å². The summed E-state index contributed by atoms with van der Waals surface area (Å²) in [5.41, 5.74) is 10.6. The van der Waals surface area contributed by atoms with E-state index in [1.165, 1.54) is 0 Å². The van der Waals surface area contributed by atoms with Gasteiger partial charge in [-0.2, -0.15) is 0 Å². The molecule has 0 aromatic carbocycles. The van der Waals surface area contributed by atoms with E-state index < -0.39 is 109 Å². The number of Topliss-reactive ketones (excluding diaryl/α,β-unsaturated/α-hetero) is 1. The largest absolute Gasteiger partial charge is 0.480 e. The van der Waals surface area contributed by atoms with Crippen LogP contribution in [0.25, 0.3) is 0 Å². The quantitative estimate of drug-likeness (QED) is 0.0436. The van der Waals surface area contributed by atoms with Crippen molar-refractivity contribution in [2.75, 3.05) is 26.2 Å². The van der Waals surface area contributed by atoms with Crippen LogP contribution in [-0.2, 0) is 43.2 Å². The van der Waals surface area contributed by atoms with Gasteiger partial charge < -0.3 is 48.1 Å². The number of nitrogens with two attached hydrogens (primary N) is 2. The van der Waals surface area contributed by atoms with Gasteiger partial charge in [0.05, 0.1) is 30.9 Å². The predicted octanol–water partition coefficient (Wildman–Crippen LogP) is -3.76. The molecule has 1 heterocycles. The van der Waals surface area contributed by atoms with Crippen LogP contribution in [0.15, 0.2) is 0 Å². The second-order valence-electron chi connectivity index (χ2n) is 11.1. The van der Waals surface area contributed by atoms with E-state index in [1.807, 2.05) is 0 Å². The molecule has 0 aromatic heterocycles. The summed E-state index contributed by atoms with van der Waals surface area (Å²) in [6.07, 6.45) is -1.40. The monoisotopic (exact) mass is 702 g/mol. The molecule has 0 bridgehead atoms. The van der Waals surface area contributed by atoms with E-state index in [-0.39, 0.29) is 43.3 Å². The Morgan fingerprint density at radius 2 is 1.62 bits per heavy atom. The van der Waals surface area contributed by atoms with Gasteiger partial charge in [-0.1, -0.05) is 26.1 Å². The first-order valence-corrected chi connectivity index (χ1v) is 15.5. The second-order valence-corrected chi connectivity index (χ2v) is 12.1. The van der Waals surface area contributed by atoms with E-state index in [0.29, 0.717) is 0 Å². The molecule has 262 valence electrons. The van der Waals surface area contributed by atoms with Gasteiger partial charge in [-0.25, -0.2) is 4.79 Å². The molecule has 0 unspecified atom stereocenters. The van der Waals surface area contributed by atoms with Crippen molar-refractivity contribution in [2.24, 2.45) is 17.4 Å². The first-order chi connectivity index (χ1) is 21.9. The average Bonchev–Trinajstić information content (AvgIpc) is 3.35. The molecule has 10 N–H and O–H groups in total. The standard InChI is InChI=1S/C27H42N8O10S2/c1-13(2)7-16(32-21(39)11-31-20(38)10-17(27(44)45)33-22(46)3-5-28)26(43)35-12-14(36)8-18(35)25(42)34-15(9-19(29)37)24(41)30-6-4-23(40)47/h13,15-18H,3-12,28H2,1-2H3,(H2,29,37)(H,30,41)(H,31,38)(H,32,39)(H,33,46)(H,34,42)(H,40,47)(H,44,45)/t15-,16-,17+,18-/m0/s1. The van der Waals surface area contributed by atoms with Crippen LogP contribution in [0.5, 0.6) is 0 Å². The molecular weight excluding hydrogens is 660 g/mol. The van der Waals surface area contributed by atoms with E-state index in [4.69, 9.17) is 23.7 Å². The Bertz CT molecular complexity index is 1250. The highest BCUT2D eigenvalue weighted by molar-refractivity contribution is 7.96. The zero-order chi connectivity index (χ0) is 35.8. The SMILES string of the molecule is CC(C)C[C@H](NC(=O)CNC(=O)C[C@@H](NC(=S)CCN)C(=O)O)C(=O)N1CC(=O)C[C@H]1C(=O)N[C@@H](CC(N)=O)C(=O)NCCC(=O)S. The summed E-state index contributed by atoms with van der Waals surface area (Å²) in [4.78, 5) is 112. The summed E-state index contributed by atoms with van der Waals surface area (Å²) in [7, 11) is 0. The molecule has 4 atom stereocenters. The normalized spacial score (nSPS) is 16.0. The minimum absolute atomic E-state index is 0.0811. The maximum absolute atomic E-state index is 13.6. The van der Waals surface area contributed by atoms with E-state index >= 15 is 0 Å². The van der Waals surface area contributed by atoms with Crippen molar-refractivity contribution >= 4 is 82.1 Å². The summed E-state index contributed by atoms with van der Waals surface area (Å²) in [6, 6.07) is -5.45. The molecule has 0 spiro atoms. The molecular formula is C27H42N8O10S2. The number of ketones is 1. The van der Waals surface area contributed by atoms with Gasteiger partial charge in [0.2, 0.25) is 35.4 Å². The molecule has 20 heteroatoms. The van der Waals surface area contributed by atoms with Crippen LogP contribution in [0.2, 0.25) is 0 Å². The van der Waals surface area contributed by atoms with Crippen LogP contribution in [0.4, 0.5) is 0 Å². The molecule has 0 radical (unpaired) electrons. The lowest BCUT2D eigenvalue weighted by atomic mass is 10.0.